The van der Waals surface area contributed by atoms with Crippen molar-refractivity contribution in [1.82, 2.24) is 0 Å². The van der Waals surface area contributed by atoms with Crippen LogP contribution in [-0.2, 0) is 25.3 Å². The van der Waals surface area contributed by atoms with E-state index in [4.69, 9.17) is 3.63 Å². The van der Waals surface area contributed by atoms with Crippen molar-refractivity contribution in [1.29, 1.82) is 0 Å². The van der Waals surface area contributed by atoms with Crippen molar-refractivity contribution in [2.75, 3.05) is 0 Å². The molecule has 0 radical (unpaired) electrons. The van der Waals surface area contributed by atoms with Gasteiger partial charge in [-0.3, -0.25) is 0 Å². The van der Waals surface area contributed by atoms with E-state index in [9.17, 15) is 21.6 Å². The number of halogens is 3. The first-order valence-electron chi connectivity index (χ1n) is 11.5. The summed E-state index contributed by atoms with van der Waals surface area (Å²) in [4.78, 5) is 1.57. The molecule has 4 rings (SSSR count). The van der Waals surface area contributed by atoms with Gasteiger partial charge >= 0.3 is 16.3 Å². The van der Waals surface area contributed by atoms with Crippen molar-refractivity contribution in [3.8, 4) is 0 Å². The summed E-state index contributed by atoms with van der Waals surface area (Å²) >= 11 is 0. The van der Waals surface area contributed by atoms with E-state index in [0.717, 1.165) is 29.8 Å². The highest BCUT2D eigenvalue weighted by molar-refractivity contribution is 8.33. The number of rotatable bonds is 6. The Hall–Kier alpha value is -3.07. The van der Waals surface area contributed by atoms with Crippen molar-refractivity contribution in [2.45, 2.75) is 51.9 Å². The lowest BCUT2D eigenvalue weighted by Gasteiger charge is -2.39. The molecule has 0 amide bonds. The van der Waals surface area contributed by atoms with Crippen molar-refractivity contribution >= 4 is 20.4 Å². The van der Waals surface area contributed by atoms with Crippen LogP contribution in [-0.4, -0.2) is 8.42 Å². The second-order valence-corrected chi connectivity index (χ2v) is 14.0. The van der Waals surface area contributed by atoms with Gasteiger partial charge in [0.2, 0.25) is 0 Å². The van der Waals surface area contributed by atoms with Gasteiger partial charge in [0.15, 0.2) is 0 Å². The summed E-state index contributed by atoms with van der Waals surface area (Å²) in [5.41, 5.74) is 0.00799. The average molecular weight is 545 g/mol. The number of alkyl halides is 3. The third-order valence-corrected chi connectivity index (χ3v) is 11.1. The molecule has 0 bridgehead atoms. The molecule has 4 aromatic carbocycles. The maximum atomic E-state index is 13.7. The largest absolute Gasteiger partial charge is 0.416 e. The van der Waals surface area contributed by atoms with Crippen LogP contribution in [0, 0.1) is 0 Å². The maximum Gasteiger partial charge on any atom is 0.416 e. The van der Waals surface area contributed by atoms with E-state index < -0.39 is 32.2 Å². The Morgan fingerprint density at radius 1 is 0.541 bits per heavy atom. The number of hydrogen-bond donors (Lipinski definition) is 0. The zero-order valence-electron chi connectivity index (χ0n) is 20.6. The van der Waals surface area contributed by atoms with Crippen LogP contribution in [0.5, 0.6) is 0 Å². The normalized spacial score (nSPS) is 13.4. The Labute approximate surface area is 217 Å². The minimum Gasteiger partial charge on any atom is -0.203 e. The van der Waals surface area contributed by atoms with Crippen LogP contribution in [0.3, 0.4) is 0 Å². The molecular formula is C29H27F3O3S2. The molecule has 8 heteroatoms. The third-order valence-electron chi connectivity index (χ3n) is 5.86. The van der Waals surface area contributed by atoms with E-state index in [1.54, 1.807) is 24.3 Å². The van der Waals surface area contributed by atoms with Gasteiger partial charge in [0.1, 0.15) is 0 Å². The first kappa shape index (κ1) is 27.0. The van der Waals surface area contributed by atoms with E-state index in [1.165, 1.54) is 0 Å². The van der Waals surface area contributed by atoms with Gasteiger partial charge in [-0.2, -0.15) is 21.6 Å². The summed E-state index contributed by atoms with van der Waals surface area (Å²) in [5, 5.41) is 0. The molecule has 0 unspecified atom stereocenters. The Morgan fingerprint density at radius 3 is 1.32 bits per heavy atom. The Kier molecular flexibility index (Phi) is 7.29. The topological polar surface area (TPSA) is 43.4 Å². The summed E-state index contributed by atoms with van der Waals surface area (Å²) in [6.45, 7) is 6.26. The quantitative estimate of drug-likeness (QED) is 0.244. The van der Waals surface area contributed by atoms with E-state index in [-0.39, 0.29) is 10.3 Å². The van der Waals surface area contributed by atoms with Crippen LogP contribution in [0.4, 0.5) is 13.2 Å². The van der Waals surface area contributed by atoms with Crippen molar-refractivity contribution in [3.63, 3.8) is 0 Å². The molecule has 0 heterocycles. The van der Waals surface area contributed by atoms with Crippen LogP contribution in [0.2, 0.25) is 0 Å². The van der Waals surface area contributed by atoms with Gasteiger partial charge in [0.05, 0.1) is 10.5 Å². The van der Waals surface area contributed by atoms with Crippen molar-refractivity contribution < 1.29 is 25.2 Å². The fraction of sp³-hybridized carbons (Fsp3) is 0.172. The molecule has 4 aromatic rings. The molecule has 0 aliphatic heterocycles. The van der Waals surface area contributed by atoms with E-state index >= 15 is 0 Å². The van der Waals surface area contributed by atoms with Crippen LogP contribution in [0.25, 0.3) is 0 Å². The number of hydrogen-bond acceptors (Lipinski definition) is 3. The molecule has 0 saturated heterocycles. The lowest BCUT2D eigenvalue weighted by Crippen LogP contribution is -2.16. The minimum absolute atomic E-state index is 0.122. The van der Waals surface area contributed by atoms with Crippen LogP contribution >= 0.6 is 10.3 Å². The minimum atomic E-state index is -4.58. The van der Waals surface area contributed by atoms with Gasteiger partial charge in [-0.25, -0.2) is 3.63 Å². The monoisotopic (exact) mass is 544 g/mol. The highest BCUT2D eigenvalue weighted by Gasteiger charge is 2.39. The fourth-order valence-electron chi connectivity index (χ4n) is 3.88. The summed E-state index contributed by atoms with van der Waals surface area (Å²) < 4.78 is 72.8. The van der Waals surface area contributed by atoms with Gasteiger partial charge in [0, 0.05) is 14.7 Å². The van der Waals surface area contributed by atoms with Crippen LogP contribution in [0.1, 0.15) is 31.9 Å². The Bertz CT molecular complexity index is 1400. The smallest absolute Gasteiger partial charge is 0.203 e. The van der Waals surface area contributed by atoms with Crippen LogP contribution < -0.4 is 0 Å². The molecule has 0 spiro atoms. The highest BCUT2D eigenvalue weighted by Crippen LogP contribution is 2.70. The van der Waals surface area contributed by atoms with Gasteiger partial charge in [-0.15, -0.1) is 0 Å². The molecule has 0 aliphatic carbocycles. The molecule has 0 fully saturated rings. The van der Waals surface area contributed by atoms with E-state index in [2.05, 4.69) is 20.8 Å². The molecule has 37 heavy (non-hydrogen) atoms. The Balaban J connectivity index is 1.94. The fourth-order valence-corrected chi connectivity index (χ4v) is 9.10. The van der Waals surface area contributed by atoms with E-state index in [1.807, 2.05) is 60.7 Å². The molecule has 0 N–H and O–H groups in total. The first-order valence-corrected chi connectivity index (χ1v) is 14.5. The second kappa shape index (κ2) is 10.0. The lowest BCUT2D eigenvalue weighted by molar-refractivity contribution is -0.137. The highest BCUT2D eigenvalue weighted by atomic mass is 32.3. The lowest BCUT2D eigenvalue weighted by atomic mass is 9.87. The summed E-state index contributed by atoms with van der Waals surface area (Å²) in [6, 6.07) is 29.1. The SMILES string of the molecule is CC(C)(C)c1ccc(S(OS(=O)(=O)c2ccc(C(F)(F)F)cc2)(c2ccccc2)c2ccccc2)cc1. The van der Waals surface area contributed by atoms with Crippen molar-refractivity contribution in [2.24, 2.45) is 0 Å². The average Bonchev–Trinajstić information content (AvgIpc) is 2.87. The summed E-state index contributed by atoms with van der Waals surface area (Å²) in [7, 11) is -7.34. The molecular weight excluding hydrogens is 517 g/mol. The maximum absolute atomic E-state index is 13.7. The van der Waals surface area contributed by atoms with Gasteiger partial charge in [-0.05, 0) is 82.0 Å². The predicted octanol–water partition coefficient (Wildman–Crippen LogP) is 8.61. The Morgan fingerprint density at radius 2 is 0.919 bits per heavy atom. The standard InChI is InChI=1S/C29H27F3O3S2/c1-28(2,3)22-14-18-26(19-15-22)36(24-10-6-4-7-11-24,25-12-8-5-9-13-25)35-37(33,34)27-20-16-23(17-21-27)29(30,31)32/h4-21H,1-3H3. The van der Waals surface area contributed by atoms with Crippen LogP contribution in [0.15, 0.2) is 129 Å². The van der Waals surface area contributed by atoms with Gasteiger partial charge in [0.25, 0.3) is 0 Å². The second-order valence-electron chi connectivity index (χ2n) is 9.50. The zero-order valence-corrected chi connectivity index (χ0v) is 22.2. The molecule has 0 aliphatic rings. The van der Waals surface area contributed by atoms with E-state index in [0.29, 0.717) is 14.7 Å². The van der Waals surface area contributed by atoms with Crippen molar-refractivity contribution in [3.05, 3.63) is 120 Å². The third kappa shape index (κ3) is 5.61. The molecule has 3 nitrogen and oxygen atoms in total. The summed E-state index contributed by atoms with van der Waals surface area (Å²) in [5.74, 6) is 0. The summed E-state index contributed by atoms with van der Waals surface area (Å²) in [6.07, 6.45) is -4.58. The van der Waals surface area contributed by atoms with Gasteiger partial charge < -0.3 is 0 Å². The molecule has 0 aromatic heterocycles. The molecule has 194 valence electrons. The molecule has 0 atom stereocenters. The van der Waals surface area contributed by atoms with Gasteiger partial charge in [-0.1, -0.05) is 69.3 Å². The number of benzene rings is 4. The molecule has 0 saturated carbocycles. The zero-order chi connectivity index (χ0) is 26.9. The predicted molar refractivity (Wildman–Crippen MR) is 140 cm³/mol. The first-order chi connectivity index (χ1) is 17.3.